The van der Waals surface area contributed by atoms with Crippen molar-refractivity contribution >= 4 is 33.4 Å². The summed E-state index contributed by atoms with van der Waals surface area (Å²) in [5, 5.41) is 11.0. The van der Waals surface area contributed by atoms with E-state index < -0.39 is 4.92 Å². The fourth-order valence-electron chi connectivity index (χ4n) is 6.57. The highest BCUT2D eigenvalue weighted by molar-refractivity contribution is 5.85. The maximum absolute atomic E-state index is 11.0. The van der Waals surface area contributed by atoms with E-state index in [9.17, 15) is 10.1 Å². The first-order valence-electron chi connectivity index (χ1n) is 16.4. The van der Waals surface area contributed by atoms with E-state index in [-0.39, 0.29) is 5.69 Å². The van der Waals surface area contributed by atoms with E-state index in [1.54, 1.807) is 12.1 Å². The number of hydrogen-bond donors (Lipinski definition) is 1. The van der Waals surface area contributed by atoms with E-state index >= 15 is 0 Å². The highest BCUT2D eigenvalue weighted by atomic mass is 16.6. The second-order valence-electron chi connectivity index (χ2n) is 12.4. The summed E-state index contributed by atoms with van der Waals surface area (Å²) in [5.74, 6) is 1.71. The van der Waals surface area contributed by atoms with Crippen molar-refractivity contribution in [3.05, 3.63) is 166 Å². The van der Waals surface area contributed by atoms with Gasteiger partial charge in [0.25, 0.3) is 5.69 Å². The molecule has 8 nitrogen and oxygen atoms in total. The predicted molar refractivity (Wildman–Crippen MR) is 203 cm³/mol. The monoisotopic (exact) mass is 656 g/mol. The van der Waals surface area contributed by atoms with Gasteiger partial charge in [0.1, 0.15) is 11.6 Å². The molecule has 0 aliphatic rings. The highest BCUT2D eigenvalue weighted by Gasteiger charge is 2.19. The molecule has 0 fully saturated rings. The maximum Gasteiger partial charge on any atom is 0.269 e. The molecular weight excluding hydrogens is 621 g/mol. The van der Waals surface area contributed by atoms with Gasteiger partial charge in [-0.1, -0.05) is 60.7 Å². The maximum atomic E-state index is 11.0. The van der Waals surface area contributed by atoms with Gasteiger partial charge in [-0.05, 0) is 111 Å². The summed E-state index contributed by atoms with van der Waals surface area (Å²) < 4.78 is 4.40. The summed E-state index contributed by atoms with van der Waals surface area (Å²) >= 11 is 0. The molecule has 0 radical (unpaired) electrons. The van der Waals surface area contributed by atoms with E-state index in [0.29, 0.717) is 0 Å². The van der Waals surface area contributed by atoms with E-state index in [2.05, 4.69) is 85.4 Å². The minimum absolute atomic E-state index is 0.0727. The van der Waals surface area contributed by atoms with Crippen molar-refractivity contribution in [1.29, 1.82) is 0 Å². The Hall–Kier alpha value is -6.54. The van der Waals surface area contributed by atoms with E-state index in [1.165, 1.54) is 28.9 Å². The Morgan fingerprint density at radius 2 is 0.900 bits per heavy atom. The Balaban J connectivity index is 0.000000157. The van der Waals surface area contributed by atoms with Gasteiger partial charge in [0, 0.05) is 28.9 Å². The zero-order valence-corrected chi connectivity index (χ0v) is 28.3. The number of benzene rings is 6. The summed E-state index contributed by atoms with van der Waals surface area (Å²) in [6.45, 7) is 8.45. The number of nitrogen functional groups attached to an aromatic ring is 1. The lowest BCUT2D eigenvalue weighted by molar-refractivity contribution is -0.384. The van der Waals surface area contributed by atoms with Gasteiger partial charge in [0.05, 0.1) is 38.4 Å². The third-order valence-electron chi connectivity index (χ3n) is 8.95. The number of nitrogens with two attached hydrogens (primary N) is 1. The number of aryl methyl sites for hydroxylation is 4. The number of non-ortho nitro benzene ring substituents is 1. The van der Waals surface area contributed by atoms with Gasteiger partial charge in [0.15, 0.2) is 0 Å². The standard InChI is InChI=1S/C21H17N3O2.C21H19N3/c1-14-6-5-7-15(2)20(14)23-19-9-4-3-8-18(19)22-21(23)16-10-12-17(13-11-16)24(25)26;1-14-6-5-7-15(2)20(14)24-19-9-4-3-8-18(19)23-21(24)16-10-12-17(22)13-11-16/h3-13H,1-2H3;3-13H,22H2,1-2H3. The molecule has 6 aromatic carbocycles. The molecule has 0 saturated heterocycles. The van der Waals surface area contributed by atoms with Gasteiger partial charge < -0.3 is 5.73 Å². The number of aromatic nitrogens is 4. The normalized spacial score (nSPS) is 11.0. The van der Waals surface area contributed by atoms with Crippen molar-refractivity contribution in [3.8, 4) is 34.2 Å². The van der Waals surface area contributed by atoms with E-state index in [0.717, 1.165) is 67.3 Å². The number of nitrogens with zero attached hydrogens (tertiary/aromatic N) is 5. The predicted octanol–water partition coefficient (Wildman–Crippen LogP) is 10.1. The minimum atomic E-state index is -0.391. The van der Waals surface area contributed by atoms with Crippen LogP contribution in [0.1, 0.15) is 22.3 Å². The fraction of sp³-hybridized carbons (Fsp3) is 0.0952. The Morgan fingerprint density at radius 1 is 0.520 bits per heavy atom. The fourth-order valence-corrected chi connectivity index (χ4v) is 6.57. The van der Waals surface area contributed by atoms with Crippen LogP contribution in [0.2, 0.25) is 0 Å². The second kappa shape index (κ2) is 13.2. The Morgan fingerprint density at radius 3 is 1.30 bits per heavy atom. The first-order chi connectivity index (χ1) is 24.2. The third kappa shape index (κ3) is 5.88. The molecule has 8 heteroatoms. The molecule has 2 N–H and O–H groups in total. The zero-order chi connectivity index (χ0) is 34.9. The summed E-state index contributed by atoms with van der Waals surface area (Å²) in [6, 6.07) is 43.3. The summed E-state index contributed by atoms with van der Waals surface area (Å²) in [5.41, 5.74) is 19.6. The molecule has 0 aliphatic heterocycles. The lowest BCUT2D eigenvalue weighted by atomic mass is 10.1. The number of rotatable bonds is 5. The molecule has 8 aromatic rings. The van der Waals surface area contributed by atoms with Crippen LogP contribution in [-0.2, 0) is 0 Å². The van der Waals surface area contributed by atoms with Crippen LogP contribution in [-0.4, -0.2) is 24.0 Å². The van der Waals surface area contributed by atoms with Gasteiger partial charge in [-0.15, -0.1) is 0 Å². The molecule has 0 saturated carbocycles. The van der Waals surface area contributed by atoms with Crippen molar-refractivity contribution in [2.24, 2.45) is 0 Å². The van der Waals surface area contributed by atoms with Gasteiger partial charge in [0.2, 0.25) is 0 Å². The van der Waals surface area contributed by atoms with Crippen LogP contribution in [0.25, 0.3) is 56.2 Å². The van der Waals surface area contributed by atoms with Gasteiger partial charge >= 0.3 is 0 Å². The smallest absolute Gasteiger partial charge is 0.269 e. The molecule has 0 spiro atoms. The summed E-state index contributed by atoms with van der Waals surface area (Å²) in [6.07, 6.45) is 0. The molecule has 0 aliphatic carbocycles. The molecule has 246 valence electrons. The van der Waals surface area contributed by atoms with Crippen molar-refractivity contribution in [2.45, 2.75) is 27.7 Å². The Kier molecular flexibility index (Phi) is 8.43. The van der Waals surface area contributed by atoms with Gasteiger partial charge in [-0.2, -0.15) is 0 Å². The van der Waals surface area contributed by atoms with Crippen molar-refractivity contribution in [1.82, 2.24) is 19.1 Å². The van der Waals surface area contributed by atoms with Gasteiger partial charge in [-0.25, -0.2) is 9.97 Å². The van der Waals surface area contributed by atoms with Crippen LogP contribution >= 0.6 is 0 Å². The average Bonchev–Trinajstić information content (AvgIpc) is 3.68. The quantitative estimate of drug-likeness (QED) is 0.113. The lowest BCUT2D eigenvalue weighted by Crippen LogP contribution is -2.02. The molecular formula is C42H36N6O2. The third-order valence-corrected chi connectivity index (χ3v) is 8.95. The number of imidazole rings is 2. The first kappa shape index (κ1) is 32.0. The average molecular weight is 657 g/mol. The van der Waals surface area contributed by atoms with Crippen molar-refractivity contribution in [2.75, 3.05) is 5.73 Å². The van der Waals surface area contributed by atoms with Crippen molar-refractivity contribution < 1.29 is 4.92 Å². The number of anilines is 1. The molecule has 2 aromatic heterocycles. The molecule has 0 unspecified atom stereocenters. The Labute approximate surface area is 290 Å². The van der Waals surface area contributed by atoms with Gasteiger partial charge in [-0.3, -0.25) is 19.2 Å². The van der Waals surface area contributed by atoms with Crippen LogP contribution < -0.4 is 5.73 Å². The van der Waals surface area contributed by atoms with Crippen LogP contribution in [0.3, 0.4) is 0 Å². The topological polar surface area (TPSA) is 105 Å². The molecule has 8 rings (SSSR count). The summed E-state index contributed by atoms with van der Waals surface area (Å²) in [7, 11) is 0. The number of fused-ring (bicyclic) bond motifs is 2. The number of nitro benzene ring substituents is 1. The zero-order valence-electron chi connectivity index (χ0n) is 28.3. The Bertz CT molecular complexity index is 2470. The van der Waals surface area contributed by atoms with Crippen molar-refractivity contribution in [3.63, 3.8) is 0 Å². The van der Waals surface area contributed by atoms with E-state index in [1.807, 2.05) is 60.7 Å². The minimum Gasteiger partial charge on any atom is -0.399 e. The van der Waals surface area contributed by atoms with Crippen LogP contribution in [0.15, 0.2) is 133 Å². The van der Waals surface area contributed by atoms with Crippen LogP contribution in [0, 0.1) is 37.8 Å². The number of nitro groups is 1. The molecule has 50 heavy (non-hydrogen) atoms. The largest absolute Gasteiger partial charge is 0.399 e. The molecule has 2 heterocycles. The molecule has 0 bridgehead atoms. The summed E-state index contributed by atoms with van der Waals surface area (Å²) in [4.78, 5) is 20.3. The van der Waals surface area contributed by atoms with E-state index in [4.69, 9.17) is 15.7 Å². The second-order valence-corrected chi connectivity index (χ2v) is 12.4. The molecule has 0 atom stereocenters. The first-order valence-corrected chi connectivity index (χ1v) is 16.4. The molecule has 0 amide bonds. The highest BCUT2D eigenvalue weighted by Crippen LogP contribution is 2.34. The van der Waals surface area contributed by atoms with Crippen LogP contribution in [0.5, 0.6) is 0 Å². The number of hydrogen-bond acceptors (Lipinski definition) is 5. The lowest BCUT2D eigenvalue weighted by Gasteiger charge is -2.15. The SMILES string of the molecule is Cc1cccc(C)c1-n1c(-c2ccc(N)cc2)nc2ccccc21.Cc1cccc(C)c1-n1c(-c2ccc([N+](=O)[O-])cc2)nc2ccccc21. The van der Waals surface area contributed by atoms with Crippen LogP contribution in [0.4, 0.5) is 11.4 Å². The number of para-hydroxylation sites is 6.